The van der Waals surface area contributed by atoms with E-state index in [0.717, 1.165) is 5.56 Å². The first-order valence-electron chi connectivity index (χ1n) is 4.51. The standard InChI is InChI=1S/C11H9N3/c12-14-13-7-1-2-9-3-4-10-5-6-11(10)8-9/h3-4,8H,5-7H2. The summed E-state index contributed by atoms with van der Waals surface area (Å²) >= 11 is 0. The molecule has 1 aromatic carbocycles. The Morgan fingerprint density at radius 3 is 2.86 bits per heavy atom. The molecule has 68 valence electrons. The molecule has 0 spiro atoms. The summed E-state index contributed by atoms with van der Waals surface area (Å²) in [7, 11) is 0. The summed E-state index contributed by atoms with van der Waals surface area (Å²) in [6.45, 7) is 0.244. The van der Waals surface area contributed by atoms with Crippen molar-refractivity contribution in [2.24, 2.45) is 5.11 Å². The van der Waals surface area contributed by atoms with Gasteiger partial charge in [-0.25, -0.2) is 0 Å². The van der Waals surface area contributed by atoms with Gasteiger partial charge in [0.15, 0.2) is 0 Å². The van der Waals surface area contributed by atoms with E-state index in [-0.39, 0.29) is 6.54 Å². The molecule has 0 amide bonds. The van der Waals surface area contributed by atoms with E-state index in [2.05, 4.69) is 34.0 Å². The molecule has 0 bridgehead atoms. The number of rotatable bonds is 1. The topological polar surface area (TPSA) is 48.8 Å². The number of aryl methyl sites for hydroxylation is 2. The van der Waals surface area contributed by atoms with Gasteiger partial charge < -0.3 is 0 Å². The molecule has 0 aromatic heterocycles. The van der Waals surface area contributed by atoms with Crippen molar-refractivity contribution >= 4 is 0 Å². The zero-order valence-corrected chi connectivity index (χ0v) is 7.70. The summed E-state index contributed by atoms with van der Waals surface area (Å²) in [5.74, 6) is 5.77. The maximum absolute atomic E-state index is 8.04. The number of hydrogen-bond acceptors (Lipinski definition) is 1. The van der Waals surface area contributed by atoms with Gasteiger partial charge in [0.05, 0.1) is 6.54 Å². The van der Waals surface area contributed by atoms with Crippen molar-refractivity contribution in [1.29, 1.82) is 0 Å². The molecule has 0 saturated carbocycles. The molecule has 0 fully saturated rings. The summed E-state index contributed by atoms with van der Waals surface area (Å²) < 4.78 is 0. The summed E-state index contributed by atoms with van der Waals surface area (Å²) in [4.78, 5) is 2.63. The van der Waals surface area contributed by atoms with Crippen LogP contribution in [0.4, 0.5) is 0 Å². The molecule has 3 nitrogen and oxygen atoms in total. The highest BCUT2D eigenvalue weighted by Crippen LogP contribution is 2.23. The monoisotopic (exact) mass is 183 g/mol. The lowest BCUT2D eigenvalue weighted by atomic mass is 9.87. The van der Waals surface area contributed by atoms with Gasteiger partial charge in [0.1, 0.15) is 0 Å². The van der Waals surface area contributed by atoms with Crippen LogP contribution in [0.1, 0.15) is 16.7 Å². The zero-order chi connectivity index (χ0) is 9.80. The van der Waals surface area contributed by atoms with Gasteiger partial charge >= 0.3 is 0 Å². The zero-order valence-electron chi connectivity index (χ0n) is 7.70. The van der Waals surface area contributed by atoms with E-state index in [1.54, 1.807) is 0 Å². The van der Waals surface area contributed by atoms with Crippen molar-refractivity contribution in [3.8, 4) is 11.8 Å². The maximum atomic E-state index is 8.04. The van der Waals surface area contributed by atoms with E-state index in [1.807, 2.05) is 6.07 Å². The van der Waals surface area contributed by atoms with Crippen LogP contribution in [0.3, 0.4) is 0 Å². The van der Waals surface area contributed by atoms with Crippen LogP contribution < -0.4 is 0 Å². The molecule has 1 aromatic rings. The average molecular weight is 183 g/mol. The molecular weight excluding hydrogens is 174 g/mol. The first-order chi connectivity index (χ1) is 6.90. The Hall–Kier alpha value is -1.91. The summed E-state index contributed by atoms with van der Waals surface area (Å²) in [6, 6.07) is 6.25. The van der Waals surface area contributed by atoms with Crippen LogP contribution in [0.25, 0.3) is 10.4 Å². The number of hydrogen-bond donors (Lipinski definition) is 0. The molecule has 1 aliphatic carbocycles. The van der Waals surface area contributed by atoms with Crippen LogP contribution >= 0.6 is 0 Å². The Morgan fingerprint density at radius 2 is 2.21 bits per heavy atom. The highest BCUT2D eigenvalue weighted by Gasteiger charge is 2.11. The van der Waals surface area contributed by atoms with Gasteiger partial charge in [-0.1, -0.05) is 23.0 Å². The quantitative estimate of drug-likeness (QED) is 0.278. The van der Waals surface area contributed by atoms with Crippen LogP contribution in [-0.2, 0) is 12.8 Å². The van der Waals surface area contributed by atoms with Gasteiger partial charge in [-0.3, -0.25) is 0 Å². The van der Waals surface area contributed by atoms with E-state index in [1.165, 1.54) is 24.0 Å². The van der Waals surface area contributed by atoms with Crippen molar-refractivity contribution < 1.29 is 0 Å². The lowest BCUT2D eigenvalue weighted by Gasteiger charge is -2.17. The first kappa shape index (κ1) is 8.68. The van der Waals surface area contributed by atoms with Crippen molar-refractivity contribution in [2.45, 2.75) is 12.8 Å². The average Bonchev–Trinajstić information content (AvgIpc) is 2.16. The number of benzene rings is 1. The fourth-order valence-corrected chi connectivity index (χ4v) is 1.48. The molecule has 0 saturated heterocycles. The van der Waals surface area contributed by atoms with E-state index >= 15 is 0 Å². The van der Waals surface area contributed by atoms with E-state index in [0.29, 0.717) is 0 Å². The molecule has 14 heavy (non-hydrogen) atoms. The highest BCUT2D eigenvalue weighted by atomic mass is 15.1. The molecule has 0 unspecified atom stereocenters. The second kappa shape index (κ2) is 3.87. The third-order valence-electron chi connectivity index (χ3n) is 2.32. The minimum absolute atomic E-state index is 0.244. The Bertz CT molecular complexity index is 459. The van der Waals surface area contributed by atoms with E-state index in [9.17, 15) is 0 Å². The van der Waals surface area contributed by atoms with Crippen molar-refractivity contribution in [2.75, 3.05) is 6.54 Å². The molecule has 0 N–H and O–H groups in total. The molecule has 2 rings (SSSR count). The van der Waals surface area contributed by atoms with Crippen LogP contribution in [0.5, 0.6) is 0 Å². The number of nitrogens with zero attached hydrogens (tertiary/aromatic N) is 3. The smallest absolute Gasteiger partial charge is 0.0880 e. The molecule has 1 aliphatic rings. The Balaban J connectivity index is 2.12. The van der Waals surface area contributed by atoms with Crippen molar-refractivity contribution in [3.05, 3.63) is 45.3 Å². The minimum Gasteiger partial charge on any atom is -0.0919 e. The lowest BCUT2D eigenvalue weighted by Crippen LogP contribution is -2.07. The molecule has 3 heteroatoms. The maximum Gasteiger partial charge on any atom is 0.0880 e. The van der Waals surface area contributed by atoms with E-state index in [4.69, 9.17) is 5.53 Å². The SMILES string of the molecule is [N-]=[N+]=NCC#Cc1ccc2c(c1)CC2. The lowest BCUT2D eigenvalue weighted by molar-refractivity contribution is 0.838. The van der Waals surface area contributed by atoms with E-state index < -0.39 is 0 Å². The summed E-state index contributed by atoms with van der Waals surface area (Å²) in [6.07, 6.45) is 2.36. The van der Waals surface area contributed by atoms with Gasteiger partial charge in [-0.05, 0) is 41.6 Å². The largest absolute Gasteiger partial charge is 0.0919 e. The van der Waals surface area contributed by atoms with Crippen LogP contribution in [0, 0.1) is 11.8 Å². The van der Waals surface area contributed by atoms with Crippen molar-refractivity contribution in [1.82, 2.24) is 0 Å². The molecule has 0 aliphatic heterocycles. The molecule has 0 radical (unpaired) electrons. The second-order valence-electron chi connectivity index (χ2n) is 3.17. The number of azide groups is 1. The van der Waals surface area contributed by atoms with Crippen LogP contribution in [0.15, 0.2) is 23.3 Å². The normalized spacial score (nSPS) is 11.4. The molecule has 0 heterocycles. The Kier molecular flexibility index (Phi) is 2.40. The Labute approximate surface area is 82.4 Å². The van der Waals surface area contributed by atoms with Gasteiger partial charge in [0.2, 0.25) is 0 Å². The number of fused-ring (bicyclic) bond motifs is 1. The molecule has 0 atom stereocenters. The van der Waals surface area contributed by atoms with Crippen LogP contribution in [0.2, 0.25) is 0 Å². The first-order valence-corrected chi connectivity index (χ1v) is 4.51. The fraction of sp³-hybridized carbons (Fsp3) is 0.273. The fourth-order valence-electron chi connectivity index (χ4n) is 1.48. The third-order valence-corrected chi connectivity index (χ3v) is 2.32. The van der Waals surface area contributed by atoms with Gasteiger partial charge in [-0.15, -0.1) is 0 Å². The molecular formula is C11H9N3. The summed E-state index contributed by atoms with van der Waals surface area (Å²) in [5, 5.41) is 3.35. The second-order valence-corrected chi connectivity index (χ2v) is 3.17. The Morgan fingerprint density at radius 1 is 1.36 bits per heavy atom. The van der Waals surface area contributed by atoms with Crippen molar-refractivity contribution in [3.63, 3.8) is 0 Å². The van der Waals surface area contributed by atoms with Crippen LogP contribution in [-0.4, -0.2) is 6.54 Å². The predicted octanol–water partition coefficient (Wildman–Crippen LogP) is 2.45. The van der Waals surface area contributed by atoms with Gasteiger partial charge in [-0.2, -0.15) is 0 Å². The van der Waals surface area contributed by atoms with Gasteiger partial charge in [0.25, 0.3) is 0 Å². The highest BCUT2D eigenvalue weighted by molar-refractivity contribution is 5.44. The predicted molar refractivity (Wildman–Crippen MR) is 54.7 cm³/mol. The third kappa shape index (κ3) is 1.71. The van der Waals surface area contributed by atoms with Gasteiger partial charge in [0, 0.05) is 10.5 Å². The summed E-state index contributed by atoms with van der Waals surface area (Å²) in [5.41, 5.74) is 11.9. The minimum atomic E-state index is 0.244.